The van der Waals surface area contributed by atoms with Crippen molar-refractivity contribution >= 4 is 10.1 Å². The van der Waals surface area contributed by atoms with Gasteiger partial charge in [0.1, 0.15) is 0 Å². The van der Waals surface area contributed by atoms with Gasteiger partial charge < -0.3 is 4.74 Å². The molecule has 0 radical (unpaired) electrons. The average Bonchev–Trinajstić information content (AvgIpc) is 2.49. The zero-order valence-electron chi connectivity index (χ0n) is 13.4. The highest BCUT2D eigenvalue weighted by Crippen LogP contribution is 2.14. The predicted octanol–water partition coefficient (Wildman–Crippen LogP) is 4.21. The molecule has 0 aliphatic heterocycles. The van der Waals surface area contributed by atoms with E-state index in [0.717, 1.165) is 24.8 Å². The van der Waals surface area contributed by atoms with Gasteiger partial charge in [-0.1, -0.05) is 69.4 Å². The van der Waals surface area contributed by atoms with E-state index < -0.39 is 15.6 Å². The van der Waals surface area contributed by atoms with Crippen molar-refractivity contribution in [1.29, 1.82) is 0 Å². The van der Waals surface area contributed by atoms with Gasteiger partial charge in [0, 0.05) is 0 Å². The summed E-state index contributed by atoms with van der Waals surface area (Å²) < 4.78 is 37.4. The van der Waals surface area contributed by atoms with Gasteiger partial charge >= 0.3 is 0 Å². The Kier molecular flexibility index (Phi) is 9.36. The summed E-state index contributed by atoms with van der Waals surface area (Å²) in [4.78, 5) is 0. The van der Waals surface area contributed by atoms with Gasteiger partial charge in [0.15, 0.2) is 5.44 Å². The fraction of sp³-hybridized carbons (Fsp3) is 0.647. The predicted molar refractivity (Wildman–Crippen MR) is 89.4 cm³/mol. The van der Waals surface area contributed by atoms with E-state index in [4.69, 9.17) is 4.74 Å². The van der Waals surface area contributed by atoms with Crippen LogP contribution in [0.1, 0.15) is 57.4 Å². The lowest BCUT2D eigenvalue weighted by atomic mass is 10.1. The molecule has 0 saturated carbocycles. The molecule has 0 amide bonds. The topological polar surface area (TPSA) is 63.6 Å². The molecule has 22 heavy (non-hydrogen) atoms. The summed E-state index contributed by atoms with van der Waals surface area (Å²) in [7, 11) is -4.14. The lowest BCUT2D eigenvalue weighted by molar-refractivity contribution is 0.0938. The fourth-order valence-corrected chi connectivity index (χ4v) is 3.10. The van der Waals surface area contributed by atoms with Crippen LogP contribution in [0.25, 0.3) is 0 Å². The number of ether oxygens (including phenoxy) is 1. The highest BCUT2D eigenvalue weighted by Gasteiger charge is 2.22. The summed E-state index contributed by atoms with van der Waals surface area (Å²) in [6, 6.07) is 9.75. The molecule has 1 N–H and O–H groups in total. The van der Waals surface area contributed by atoms with E-state index in [0.29, 0.717) is 19.4 Å². The second-order valence-electron chi connectivity index (χ2n) is 5.61. The Labute approximate surface area is 134 Å². The number of hydrogen-bond acceptors (Lipinski definition) is 3. The normalized spacial score (nSPS) is 13.2. The maximum absolute atomic E-state index is 11.4. The SMILES string of the molecule is CCCCCCCCC(OCCc1ccccc1)S(=O)(=O)O. The van der Waals surface area contributed by atoms with Crippen molar-refractivity contribution in [3.05, 3.63) is 35.9 Å². The second-order valence-corrected chi connectivity index (χ2v) is 7.16. The number of hydrogen-bond donors (Lipinski definition) is 1. The van der Waals surface area contributed by atoms with Gasteiger partial charge in [-0.2, -0.15) is 8.42 Å². The van der Waals surface area contributed by atoms with Crippen molar-refractivity contribution in [2.24, 2.45) is 0 Å². The minimum absolute atomic E-state index is 0.296. The minimum Gasteiger partial charge on any atom is -0.359 e. The van der Waals surface area contributed by atoms with Gasteiger partial charge in [0.2, 0.25) is 0 Å². The van der Waals surface area contributed by atoms with Gasteiger partial charge in [-0.3, -0.25) is 4.55 Å². The lowest BCUT2D eigenvalue weighted by Crippen LogP contribution is -2.25. The first kappa shape index (κ1) is 19.1. The standard InChI is InChI=1S/C17H28O4S/c1-2-3-4-5-6-10-13-17(22(18,19)20)21-15-14-16-11-8-7-9-12-16/h7-9,11-12,17H,2-6,10,13-15H2,1H3,(H,18,19,20). The first-order valence-corrected chi connectivity index (χ1v) is 9.66. The lowest BCUT2D eigenvalue weighted by Gasteiger charge is -2.15. The van der Waals surface area contributed by atoms with Gasteiger partial charge in [0.05, 0.1) is 6.61 Å². The molecule has 0 saturated heterocycles. The van der Waals surface area contributed by atoms with Crippen LogP contribution in [0.5, 0.6) is 0 Å². The van der Waals surface area contributed by atoms with Gasteiger partial charge in [-0.15, -0.1) is 0 Å². The molecule has 1 aromatic rings. The average molecular weight is 328 g/mol. The molecular formula is C17H28O4S. The summed E-state index contributed by atoms with van der Waals surface area (Å²) in [5, 5.41) is 0. The third kappa shape index (κ3) is 8.51. The van der Waals surface area contributed by atoms with E-state index in [-0.39, 0.29) is 0 Å². The van der Waals surface area contributed by atoms with E-state index >= 15 is 0 Å². The molecule has 1 atom stereocenters. The molecule has 1 rings (SSSR count). The number of unbranched alkanes of at least 4 members (excludes halogenated alkanes) is 5. The largest absolute Gasteiger partial charge is 0.359 e. The van der Waals surface area contributed by atoms with Crippen LogP contribution in [0.4, 0.5) is 0 Å². The Morgan fingerprint density at radius 1 is 1.05 bits per heavy atom. The Bertz CT molecular complexity index is 485. The summed E-state index contributed by atoms with van der Waals surface area (Å²) in [5.74, 6) is 0. The molecule has 0 aliphatic rings. The molecule has 0 aromatic heterocycles. The first-order chi connectivity index (χ1) is 10.5. The smallest absolute Gasteiger partial charge is 0.292 e. The van der Waals surface area contributed by atoms with E-state index in [1.165, 1.54) is 19.3 Å². The Hall–Kier alpha value is -0.910. The van der Waals surface area contributed by atoms with Crippen LogP contribution in [-0.2, 0) is 21.3 Å². The number of rotatable bonds is 12. The molecule has 5 heteroatoms. The van der Waals surface area contributed by atoms with Crippen molar-refractivity contribution in [1.82, 2.24) is 0 Å². The maximum atomic E-state index is 11.4. The second kappa shape index (κ2) is 10.8. The van der Waals surface area contributed by atoms with E-state index in [9.17, 15) is 13.0 Å². The van der Waals surface area contributed by atoms with Gasteiger partial charge in [-0.25, -0.2) is 0 Å². The maximum Gasteiger partial charge on any atom is 0.292 e. The van der Waals surface area contributed by atoms with Crippen molar-refractivity contribution in [3.8, 4) is 0 Å². The third-order valence-electron chi connectivity index (χ3n) is 3.66. The van der Waals surface area contributed by atoms with Crippen LogP contribution < -0.4 is 0 Å². The molecular weight excluding hydrogens is 300 g/mol. The van der Waals surface area contributed by atoms with Crippen molar-refractivity contribution < 1.29 is 17.7 Å². The van der Waals surface area contributed by atoms with Crippen LogP contribution in [0.15, 0.2) is 30.3 Å². The fourth-order valence-electron chi connectivity index (χ4n) is 2.36. The van der Waals surface area contributed by atoms with Crippen LogP contribution in [0.3, 0.4) is 0 Å². The van der Waals surface area contributed by atoms with Crippen LogP contribution in [0, 0.1) is 0 Å². The molecule has 1 unspecified atom stereocenters. The van der Waals surface area contributed by atoms with Crippen molar-refractivity contribution in [2.75, 3.05) is 6.61 Å². The van der Waals surface area contributed by atoms with Gasteiger partial charge in [-0.05, 0) is 24.8 Å². The van der Waals surface area contributed by atoms with E-state index in [2.05, 4.69) is 6.92 Å². The molecule has 4 nitrogen and oxygen atoms in total. The van der Waals surface area contributed by atoms with E-state index in [1.807, 2.05) is 30.3 Å². The summed E-state index contributed by atoms with van der Waals surface area (Å²) >= 11 is 0. The van der Waals surface area contributed by atoms with Crippen LogP contribution in [-0.4, -0.2) is 25.0 Å². The Morgan fingerprint density at radius 3 is 2.32 bits per heavy atom. The Morgan fingerprint density at radius 2 is 1.68 bits per heavy atom. The summed E-state index contributed by atoms with van der Waals surface area (Å²) in [6.07, 6.45) is 7.44. The molecule has 0 fully saturated rings. The highest BCUT2D eigenvalue weighted by atomic mass is 32.2. The Balaban J connectivity index is 2.29. The zero-order valence-corrected chi connectivity index (χ0v) is 14.2. The number of benzene rings is 1. The highest BCUT2D eigenvalue weighted by molar-refractivity contribution is 7.86. The minimum atomic E-state index is -4.14. The summed E-state index contributed by atoms with van der Waals surface area (Å²) in [6.45, 7) is 2.46. The molecule has 1 aromatic carbocycles. The molecule has 126 valence electrons. The molecule has 0 heterocycles. The van der Waals surface area contributed by atoms with Crippen molar-refractivity contribution in [3.63, 3.8) is 0 Å². The third-order valence-corrected chi connectivity index (χ3v) is 4.70. The van der Waals surface area contributed by atoms with Gasteiger partial charge in [0.25, 0.3) is 10.1 Å². The van der Waals surface area contributed by atoms with E-state index in [1.54, 1.807) is 0 Å². The molecule has 0 spiro atoms. The quantitative estimate of drug-likeness (QED) is 0.461. The monoisotopic (exact) mass is 328 g/mol. The molecule has 0 aliphatic carbocycles. The first-order valence-electron chi connectivity index (χ1n) is 8.16. The zero-order chi connectivity index (χ0) is 16.3. The van der Waals surface area contributed by atoms with Crippen LogP contribution >= 0.6 is 0 Å². The van der Waals surface area contributed by atoms with Crippen LogP contribution in [0.2, 0.25) is 0 Å². The van der Waals surface area contributed by atoms with Crippen molar-refractivity contribution in [2.45, 2.75) is 63.7 Å². The summed E-state index contributed by atoms with van der Waals surface area (Å²) in [5.41, 5.74) is -0.00135. The molecule has 0 bridgehead atoms.